The number of halogens is 3. The van der Waals surface area contributed by atoms with Gasteiger partial charge in [0.25, 0.3) is 0 Å². The highest BCUT2D eigenvalue weighted by Gasteiger charge is 2.32. The van der Waals surface area contributed by atoms with Crippen LogP contribution in [0.4, 0.5) is 13.2 Å². The lowest BCUT2D eigenvalue weighted by Gasteiger charge is -2.11. The monoisotopic (exact) mass is 301 g/mol. The van der Waals surface area contributed by atoms with Crippen LogP contribution in [0.5, 0.6) is 5.75 Å². The van der Waals surface area contributed by atoms with E-state index in [-0.39, 0.29) is 23.8 Å². The number of alkyl halides is 3. The molecular formula is C13H10F3NO4. The fraction of sp³-hybridized carbons (Fsp3) is 0.231. The number of nitrogens with zero attached hydrogens (tertiary/aromatic N) is 1. The van der Waals surface area contributed by atoms with Gasteiger partial charge in [0.15, 0.2) is 5.76 Å². The van der Waals surface area contributed by atoms with Crippen molar-refractivity contribution in [3.8, 4) is 17.1 Å². The van der Waals surface area contributed by atoms with Gasteiger partial charge in [-0.05, 0) is 19.1 Å². The minimum Gasteiger partial charge on any atom is -0.459 e. The zero-order valence-corrected chi connectivity index (χ0v) is 10.8. The molecule has 1 aromatic heterocycles. The fourth-order valence-electron chi connectivity index (χ4n) is 1.57. The van der Waals surface area contributed by atoms with Crippen molar-refractivity contribution in [2.45, 2.75) is 13.3 Å². The number of ether oxygens (including phenoxy) is 2. The maximum absolute atomic E-state index is 12.3. The Morgan fingerprint density at radius 3 is 2.71 bits per heavy atom. The van der Waals surface area contributed by atoms with Crippen molar-refractivity contribution in [3.63, 3.8) is 0 Å². The second-order valence-electron chi connectivity index (χ2n) is 3.79. The maximum Gasteiger partial charge on any atom is 0.573 e. The minimum absolute atomic E-state index is 0.0258. The molecule has 5 nitrogen and oxygen atoms in total. The van der Waals surface area contributed by atoms with E-state index in [4.69, 9.17) is 4.42 Å². The van der Waals surface area contributed by atoms with E-state index in [2.05, 4.69) is 14.5 Å². The number of oxazole rings is 1. The van der Waals surface area contributed by atoms with Crippen LogP contribution in [0.2, 0.25) is 0 Å². The molecule has 21 heavy (non-hydrogen) atoms. The number of benzene rings is 1. The van der Waals surface area contributed by atoms with Crippen LogP contribution in [0.25, 0.3) is 11.3 Å². The SMILES string of the molecule is CCOC(=O)c1ncc(-c2ccccc2OC(F)(F)F)o1. The van der Waals surface area contributed by atoms with E-state index in [9.17, 15) is 18.0 Å². The lowest BCUT2D eigenvalue weighted by atomic mass is 10.1. The van der Waals surface area contributed by atoms with E-state index >= 15 is 0 Å². The number of carbonyl (C=O) groups excluding carboxylic acids is 1. The summed E-state index contributed by atoms with van der Waals surface area (Å²) in [6.45, 7) is 1.73. The predicted octanol–water partition coefficient (Wildman–Crippen LogP) is 3.42. The molecule has 0 saturated carbocycles. The second-order valence-corrected chi connectivity index (χ2v) is 3.79. The van der Waals surface area contributed by atoms with Gasteiger partial charge in [0, 0.05) is 0 Å². The summed E-state index contributed by atoms with van der Waals surface area (Å²) >= 11 is 0. The molecule has 0 unspecified atom stereocenters. The lowest BCUT2D eigenvalue weighted by molar-refractivity contribution is -0.274. The summed E-state index contributed by atoms with van der Waals surface area (Å²) in [6.07, 6.45) is -3.70. The van der Waals surface area contributed by atoms with Crippen molar-refractivity contribution < 1.29 is 31.9 Å². The Hall–Kier alpha value is -2.51. The highest BCUT2D eigenvalue weighted by atomic mass is 19.4. The third-order valence-corrected chi connectivity index (χ3v) is 2.33. The first-order chi connectivity index (χ1) is 9.90. The van der Waals surface area contributed by atoms with Crippen LogP contribution in [-0.2, 0) is 4.74 Å². The molecule has 2 aromatic rings. The van der Waals surface area contributed by atoms with Gasteiger partial charge in [-0.25, -0.2) is 9.78 Å². The molecule has 0 atom stereocenters. The summed E-state index contributed by atoms with van der Waals surface area (Å²) < 4.78 is 50.7. The quantitative estimate of drug-likeness (QED) is 0.810. The first-order valence-electron chi connectivity index (χ1n) is 5.89. The number of rotatable bonds is 4. The normalized spacial score (nSPS) is 11.2. The number of hydrogen-bond acceptors (Lipinski definition) is 5. The molecule has 0 aliphatic carbocycles. The fourth-order valence-corrected chi connectivity index (χ4v) is 1.57. The number of carbonyl (C=O) groups is 1. The zero-order chi connectivity index (χ0) is 15.5. The second kappa shape index (κ2) is 5.86. The van der Waals surface area contributed by atoms with E-state index in [1.54, 1.807) is 6.92 Å². The highest BCUT2D eigenvalue weighted by Crippen LogP contribution is 2.33. The molecule has 0 radical (unpaired) electrons. The minimum atomic E-state index is -4.83. The summed E-state index contributed by atoms with van der Waals surface area (Å²) in [5, 5.41) is 0. The third-order valence-electron chi connectivity index (χ3n) is 2.33. The molecule has 0 saturated heterocycles. The van der Waals surface area contributed by atoms with Crippen molar-refractivity contribution in [3.05, 3.63) is 36.4 Å². The van der Waals surface area contributed by atoms with Gasteiger partial charge in [0.1, 0.15) is 5.75 Å². The Balaban J connectivity index is 2.32. The Morgan fingerprint density at radius 2 is 2.05 bits per heavy atom. The van der Waals surface area contributed by atoms with Gasteiger partial charge in [-0.3, -0.25) is 0 Å². The molecule has 0 N–H and O–H groups in total. The van der Waals surface area contributed by atoms with Gasteiger partial charge in [-0.2, -0.15) is 0 Å². The van der Waals surface area contributed by atoms with Crippen LogP contribution in [0, 0.1) is 0 Å². The standard InChI is InChI=1S/C13H10F3NO4/c1-2-19-12(18)11-17-7-10(20-11)8-5-3-4-6-9(8)21-13(14,15)16/h3-7H,2H2,1H3. The number of para-hydroxylation sites is 1. The van der Waals surface area contributed by atoms with Crippen molar-refractivity contribution >= 4 is 5.97 Å². The van der Waals surface area contributed by atoms with Crippen LogP contribution in [0.1, 0.15) is 17.6 Å². The molecule has 2 rings (SSSR count). The largest absolute Gasteiger partial charge is 0.573 e. The Bertz CT molecular complexity index is 636. The average Bonchev–Trinajstić information content (AvgIpc) is 2.87. The number of esters is 1. The van der Waals surface area contributed by atoms with Crippen molar-refractivity contribution in [2.24, 2.45) is 0 Å². The van der Waals surface area contributed by atoms with Crippen molar-refractivity contribution in [1.82, 2.24) is 4.98 Å². The van der Waals surface area contributed by atoms with Gasteiger partial charge in [-0.1, -0.05) is 12.1 Å². The summed E-state index contributed by atoms with van der Waals surface area (Å²) in [6, 6.07) is 5.38. The molecule has 0 bridgehead atoms. The molecule has 0 spiro atoms. The molecular weight excluding hydrogens is 291 g/mol. The van der Waals surface area contributed by atoms with Crippen molar-refractivity contribution in [2.75, 3.05) is 6.61 Å². The summed E-state index contributed by atoms with van der Waals surface area (Å²) in [7, 11) is 0. The van der Waals surface area contributed by atoms with Crippen LogP contribution in [0.15, 0.2) is 34.9 Å². The van der Waals surface area contributed by atoms with Crippen LogP contribution in [0.3, 0.4) is 0 Å². The summed E-state index contributed by atoms with van der Waals surface area (Å²) in [5.41, 5.74) is 0.0258. The predicted molar refractivity (Wildman–Crippen MR) is 64.6 cm³/mol. The summed E-state index contributed by atoms with van der Waals surface area (Å²) in [5.74, 6) is -1.61. The molecule has 0 aliphatic heterocycles. The Labute approximate surface area is 117 Å². The highest BCUT2D eigenvalue weighted by molar-refractivity contribution is 5.84. The topological polar surface area (TPSA) is 61.6 Å². The number of aromatic nitrogens is 1. The third kappa shape index (κ3) is 3.74. The maximum atomic E-state index is 12.3. The van der Waals surface area contributed by atoms with E-state index in [0.29, 0.717) is 0 Å². The van der Waals surface area contributed by atoms with Crippen LogP contribution >= 0.6 is 0 Å². The zero-order valence-electron chi connectivity index (χ0n) is 10.8. The molecule has 8 heteroatoms. The molecule has 0 fully saturated rings. The summed E-state index contributed by atoms with van der Waals surface area (Å²) in [4.78, 5) is 15.1. The van der Waals surface area contributed by atoms with Gasteiger partial charge in [-0.15, -0.1) is 13.2 Å². The van der Waals surface area contributed by atoms with E-state index in [0.717, 1.165) is 12.3 Å². The molecule has 0 amide bonds. The smallest absolute Gasteiger partial charge is 0.459 e. The Kier molecular flexibility index (Phi) is 4.15. The van der Waals surface area contributed by atoms with Gasteiger partial charge < -0.3 is 13.9 Å². The van der Waals surface area contributed by atoms with Crippen LogP contribution in [-0.4, -0.2) is 23.9 Å². The van der Waals surface area contributed by atoms with Gasteiger partial charge in [0.05, 0.1) is 18.4 Å². The lowest BCUT2D eigenvalue weighted by Crippen LogP contribution is -2.17. The van der Waals surface area contributed by atoms with E-state index in [1.807, 2.05) is 0 Å². The number of hydrogen-bond donors (Lipinski definition) is 0. The molecule has 1 heterocycles. The molecule has 0 aliphatic rings. The average molecular weight is 301 g/mol. The van der Waals surface area contributed by atoms with Gasteiger partial charge in [0.2, 0.25) is 0 Å². The van der Waals surface area contributed by atoms with Crippen molar-refractivity contribution in [1.29, 1.82) is 0 Å². The first-order valence-corrected chi connectivity index (χ1v) is 5.89. The Morgan fingerprint density at radius 1 is 1.33 bits per heavy atom. The van der Waals surface area contributed by atoms with Gasteiger partial charge >= 0.3 is 18.2 Å². The first kappa shape index (κ1) is 14.9. The van der Waals surface area contributed by atoms with E-state index < -0.39 is 18.1 Å². The van der Waals surface area contributed by atoms with Crippen LogP contribution < -0.4 is 4.74 Å². The molecule has 1 aromatic carbocycles. The molecule has 112 valence electrons. The van der Waals surface area contributed by atoms with E-state index in [1.165, 1.54) is 18.2 Å².